The van der Waals surface area contributed by atoms with Crippen LogP contribution >= 0.6 is 24.0 Å². The van der Waals surface area contributed by atoms with Gasteiger partial charge >= 0.3 is 0 Å². The van der Waals surface area contributed by atoms with Crippen LogP contribution < -0.4 is 9.47 Å². The molecule has 0 aromatic heterocycles. The average Bonchev–Trinajstić information content (AvgIpc) is 2.70. The molecule has 0 aliphatic heterocycles. The van der Waals surface area contributed by atoms with Crippen LogP contribution in [0.5, 0.6) is 11.5 Å². The molecule has 2 aliphatic rings. The molecule has 0 bridgehead atoms. The number of fused-ring (bicyclic) bond motifs is 1. The molecule has 0 radical (unpaired) electrons. The Morgan fingerprint density at radius 1 is 1.06 bits per heavy atom. The number of thiocarbonyl (C=S) groups is 1. The van der Waals surface area contributed by atoms with Crippen LogP contribution in [0.15, 0.2) is 18.2 Å². The fourth-order valence-electron chi connectivity index (χ4n) is 6.71. The quantitative estimate of drug-likeness (QED) is 0.507. The molecule has 0 saturated heterocycles. The highest BCUT2D eigenvalue weighted by Crippen LogP contribution is 2.65. The number of thioether (sulfide) groups is 1. The molecule has 4 nitrogen and oxygen atoms in total. The molecule has 0 amide bonds. The van der Waals surface area contributed by atoms with Crippen molar-refractivity contribution in [3.8, 4) is 11.5 Å². The smallest absolute Gasteiger partial charge is 0.220 e. The highest BCUT2D eigenvalue weighted by molar-refractivity contribution is 8.22. The lowest BCUT2D eigenvalue weighted by Crippen LogP contribution is -2.59. The number of benzene rings is 1. The number of hydrogen-bond acceptors (Lipinski definition) is 6. The number of methoxy groups -OCH3 is 2. The van der Waals surface area contributed by atoms with Gasteiger partial charge in [0.1, 0.15) is 17.6 Å². The van der Waals surface area contributed by atoms with Gasteiger partial charge in [-0.15, -0.1) is 0 Å². The van der Waals surface area contributed by atoms with Crippen LogP contribution in [0.1, 0.15) is 71.5 Å². The summed E-state index contributed by atoms with van der Waals surface area (Å²) in [5, 5.41) is 11.8. The minimum absolute atomic E-state index is 0.0709. The molecule has 1 unspecified atom stereocenters. The largest absolute Gasteiger partial charge is 0.497 e. The zero-order valence-electron chi connectivity index (χ0n) is 20.0. The van der Waals surface area contributed by atoms with Gasteiger partial charge in [-0.2, -0.15) is 0 Å². The van der Waals surface area contributed by atoms with Gasteiger partial charge in [0, 0.05) is 17.5 Å². The molecule has 1 N–H and O–H groups in total. The molecular formula is C25H38O4S2. The Hall–Kier alpha value is -0.980. The molecule has 3 rings (SSSR count). The van der Waals surface area contributed by atoms with Crippen molar-refractivity contribution in [1.82, 2.24) is 0 Å². The van der Waals surface area contributed by atoms with E-state index in [0.717, 1.165) is 31.2 Å². The number of rotatable bonds is 5. The average molecular weight is 467 g/mol. The summed E-state index contributed by atoms with van der Waals surface area (Å²) in [5.41, 5.74) is 0.230. The Morgan fingerprint density at radius 2 is 1.68 bits per heavy atom. The third-order valence-electron chi connectivity index (χ3n) is 7.99. The van der Waals surface area contributed by atoms with E-state index in [1.807, 2.05) is 31.4 Å². The van der Waals surface area contributed by atoms with Crippen molar-refractivity contribution in [3.05, 3.63) is 23.8 Å². The summed E-state index contributed by atoms with van der Waals surface area (Å²) < 4.78 is 18.0. The monoisotopic (exact) mass is 466 g/mol. The maximum atomic E-state index is 11.8. The van der Waals surface area contributed by atoms with Gasteiger partial charge in [0.2, 0.25) is 4.38 Å². The van der Waals surface area contributed by atoms with Crippen LogP contribution in [-0.4, -0.2) is 35.6 Å². The maximum absolute atomic E-state index is 11.8. The SMILES string of the molecule is COc1cc(OC)cc(C(OC(=S)SC)[C@@H]2[C@@]3(C)CCCC(C)(C)[C@@H]3CC[C@@]2(C)O)c1. The predicted octanol–water partition coefficient (Wildman–Crippen LogP) is 6.40. The van der Waals surface area contributed by atoms with E-state index in [1.54, 1.807) is 14.2 Å². The minimum atomic E-state index is -0.867. The molecule has 0 spiro atoms. The van der Waals surface area contributed by atoms with Crippen molar-refractivity contribution < 1.29 is 19.3 Å². The normalized spacial score (nSPS) is 33.2. The molecule has 5 atom stereocenters. The fraction of sp³-hybridized carbons (Fsp3) is 0.720. The zero-order valence-corrected chi connectivity index (χ0v) is 21.6. The van der Waals surface area contributed by atoms with Gasteiger partial charge in [-0.25, -0.2) is 0 Å². The molecule has 6 heteroatoms. The van der Waals surface area contributed by atoms with E-state index < -0.39 is 5.60 Å². The summed E-state index contributed by atoms with van der Waals surface area (Å²) in [7, 11) is 3.30. The molecule has 2 aliphatic carbocycles. The lowest BCUT2D eigenvalue weighted by atomic mass is 9.44. The summed E-state index contributed by atoms with van der Waals surface area (Å²) in [4.78, 5) is 0. The maximum Gasteiger partial charge on any atom is 0.220 e. The summed E-state index contributed by atoms with van der Waals surface area (Å²) in [5.74, 6) is 1.82. The van der Waals surface area contributed by atoms with Crippen molar-refractivity contribution in [3.63, 3.8) is 0 Å². The minimum Gasteiger partial charge on any atom is -0.497 e. The number of aliphatic hydroxyl groups is 1. The molecule has 31 heavy (non-hydrogen) atoms. The van der Waals surface area contributed by atoms with Crippen LogP contribution in [-0.2, 0) is 4.74 Å². The van der Waals surface area contributed by atoms with Crippen LogP contribution in [0.2, 0.25) is 0 Å². The van der Waals surface area contributed by atoms with Crippen molar-refractivity contribution in [2.75, 3.05) is 20.5 Å². The second-order valence-electron chi connectivity index (χ2n) is 10.4. The van der Waals surface area contributed by atoms with Gasteiger partial charge in [0.05, 0.1) is 19.8 Å². The first-order chi connectivity index (χ1) is 14.5. The van der Waals surface area contributed by atoms with E-state index in [1.165, 1.54) is 18.2 Å². The topological polar surface area (TPSA) is 47.9 Å². The van der Waals surface area contributed by atoms with Crippen molar-refractivity contribution in [2.24, 2.45) is 22.7 Å². The van der Waals surface area contributed by atoms with Crippen molar-refractivity contribution in [1.29, 1.82) is 0 Å². The zero-order chi connectivity index (χ0) is 23.0. The third kappa shape index (κ3) is 4.72. The van der Waals surface area contributed by atoms with Gasteiger partial charge in [0.25, 0.3) is 0 Å². The molecule has 2 fully saturated rings. The molecule has 1 aromatic carbocycles. The Kier molecular flexibility index (Phi) is 7.24. The van der Waals surface area contributed by atoms with Crippen LogP contribution in [0.3, 0.4) is 0 Å². The van der Waals surface area contributed by atoms with Gasteiger partial charge in [-0.1, -0.05) is 39.0 Å². The van der Waals surface area contributed by atoms with Crippen LogP contribution in [0, 0.1) is 22.7 Å². The van der Waals surface area contributed by atoms with Crippen molar-refractivity contribution >= 4 is 28.4 Å². The highest BCUT2D eigenvalue weighted by Gasteiger charge is 2.61. The van der Waals surface area contributed by atoms with E-state index in [9.17, 15) is 5.11 Å². The van der Waals surface area contributed by atoms with Gasteiger partial charge in [-0.3, -0.25) is 0 Å². The summed E-state index contributed by atoms with van der Waals surface area (Å²) in [6, 6.07) is 5.85. The molecule has 174 valence electrons. The second kappa shape index (κ2) is 9.11. The van der Waals surface area contributed by atoms with E-state index in [2.05, 4.69) is 20.8 Å². The highest BCUT2D eigenvalue weighted by atomic mass is 32.2. The summed E-state index contributed by atoms with van der Waals surface area (Å²) >= 11 is 6.95. The Balaban J connectivity index is 2.17. The standard InChI is InChI=1S/C25H38O4S2/c1-23(2)10-8-11-24(3)19(23)9-12-25(4,26)21(24)20(29-22(30)31-7)16-13-17(27-5)15-18(14-16)28-6/h13-15,19-21,26H,8-12H2,1-7H3/t19-,20?,21+,24-,25+/m0/s1. The predicted molar refractivity (Wildman–Crippen MR) is 132 cm³/mol. The first-order valence-electron chi connectivity index (χ1n) is 11.2. The van der Waals surface area contributed by atoms with Crippen LogP contribution in [0.25, 0.3) is 0 Å². The molecule has 0 heterocycles. The van der Waals surface area contributed by atoms with Crippen molar-refractivity contribution in [2.45, 2.75) is 71.5 Å². The molecular weight excluding hydrogens is 428 g/mol. The van der Waals surface area contributed by atoms with E-state index in [-0.39, 0.29) is 22.9 Å². The first-order valence-corrected chi connectivity index (χ1v) is 12.8. The van der Waals surface area contributed by atoms with Gasteiger partial charge < -0.3 is 19.3 Å². The summed E-state index contributed by atoms with van der Waals surface area (Å²) in [6.07, 6.45) is 6.80. The molecule has 1 aromatic rings. The second-order valence-corrected chi connectivity index (χ2v) is 11.8. The lowest BCUT2D eigenvalue weighted by molar-refractivity contribution is -0.197. The van der Waals surface area contributed by atoms with Gasteiger partial charge in [0.15, 0.2) is 0 Å². The Morgan fingerprint density at radius 3 is 2.23 bits per heavy atom. The Labute approximate surface area is 197 Å². The van der Waals surface area contributed by atoms with E-state index in [4.69, 9.17) is 26.4 Å². The lowest BCUT2D eigenvalue weighted by Gasteiger charge is -2.62. The Bertz CT molecular complexity index is 784. The van der Waals surface area contributed by atoms with E-state index in [0.29, 0.717) is 21.8 Å². The summed E-state index contributed by atoms with van der Waals surface area (Å²) in [6.45, 7) is 9.13. The fourth-order valence-corrected chi connectivity index (χ4v) is 7.01. The van der Waals surface area contributed by atoms with Crippen LogP contribution in [0.4, 0.5) is 0 Å². The third-order valence-corrected chi connectivity index (χ3v) is 9.02. The van der Waals surface area contributed by atoms with E-state index >= 15 is 0 Å². The number of hydrogen-bond donors (Lipinski definition) is 1. The number of ether oxygens (including phenoxy) is 3. The first kappa shape index (κ1) is 24.7. The van der Waals surface area contributed by atoms with Gasteiger partial charge in [-0.05, 0) is 80.0 Å². The molecule has 2 saturated carbocycles.